The van der Waals surface area contributed by atoms with E-state index in [9.17, 15) is 4.79 Å². The maximum Gasteiger partial charge on any atom is 0.307 e. The van der Waals surface area contributed by atoms with Gasteiger partial charge in [-0.2, -0.15) is 5.10 Å². The normalized spacial score (nSPS) is 11.0. The molecule has 3 rings (SSSR count). The molecule has 0 aliphatic carbocycles. The van der Waals surface area contributed by atoms with Gasteiger partial charge in [-0.25, -0.2) is 5.43 Å². The van der Waals surface area contributed by atoms with Gasteiger partial charge in [0, 0.05) is 5.39 Å². The number of rotatable bonds is 6. The third-order valence-corrected chi connectivity index (χ3v) is 3.96. The van der Waals surface area contributed by atoms with Crippen LogP contribution in [0.2, 0.25) is 10.0 Å². The van der Waals surface area contributed by atoms with Crippen molar-refractivity contribution < 1.29 is 13.9 Å². The van der Waals surface area contributed by atoms with Crippen LogP contribution in [0.25, 0.3) is 11.0 Å². The van der Waals surface area contributed by atoms with E-state index in [1.54, 1.807) is 30.3 Å². The Hall–Kier alpha value is -2.76. The third-order valence-electron chi connectivity index (χ3n) is 3.40. The van der Waals surface area contributed by atoms with Crippen molar-refractivity contribution in [3.63, 3.8) is 0 Å². The molecule has 26 heavy (non-hydrogen) atoms. The number of halogens is 2. The van der Waals surface area contributed by atoms with Gasteiger partial charge in [-0.1, -0.05) is 54.1 Å². The molecule has 0 atom stereocenters. The molecule has 0 radical (unpaired) electrons. The monoisotopic (exact) mass is 388 g/mol. The van der Waals surface area contributed by atoms with Crippen LogP contribution in [0, 0.1) is 0 Å². The van der Waals surface area contributed by atoms with Crippen LogP contribution in [0.5, 0.6) is 5.75 Å². The Bertz CT molecular complexity index is 939. The first-order valence-corrected chi connectivity index (χ1v) is 8.39. The van der Waals surface area contributed by atoms with E-state index in [-0.39, 0.29) is 5.76 Å². The highest BCUT2D eigenvalue weighted by molar-refractivity contribution is 6.37. The molecule has 0 spiro atoms. The third kappa shape index (κ3) is 4.07. The van der Waals surface area contributed by atoms with E-state index in [1.807, 2.05) is 18.2 Å². The van der Waals surface area contributed by atoms with Crippen molar-refractivity contribution in [1.82, 2.24) is 5.43 Å². The zero-order valence-corrected chi connectivity index (χ0v) is 15.1. The lowest BCUT2D eigenvalue weighted by Crippen LogP contribution is -2.16. The molecule has 0 aliphatic heterocycles. The fourth-order valence-corrected chi connectivity index (χ4v) is 2.86. The molecule has 1 amide bonds. The largest absolute Gasteiger partial charge is 0.486 e. The number of carbonyl (C=O) groups is 1. The lowest BCUT2D eigenvalue weighted by atomic mass is 10.2. The molecule has 0 saturated heterocycles. The van der Waals surface area contributed by atoms with Gasteiger partial charge in [0.15, 0.2) is 11.5 Å². The molecule has 3 aromatic rings. The average molecular weight is 389 g/mol. The second-order valence-corrected chi connectivity index (χ2v) is 6.08. The van der Waals surface area contributed by atoms with Gasteiger partial charge in [0.2, 0.25) is 0 Å². The summed E-state index contributed by atoms with van der Waals surface area (Å²) in [5.74, 6) is 0.0878. The van der Waals surface area contributed by atoms with Crippen molar-refractivity contribution in [2.24, 2.45) is 5.10 Å². The zero-order valence-electron chi connectivity index (χ0n) is 13.5. The minimum atomic E-state index is -0.458. The van der Waals surface area contributed by atoms with Crippen LogP contribution in [-0.4, -0.2) is 18.7 Å². The predicted molar refractivity (Wildman–Crippen MR) is 103 cm³/mol. The molecule has 5 nitrogen and oxygen atoms in total. The maximum absolute atomic E-state index is 12.1. The number of nitrogens with one attached hydrogen (secondary N) is 1. The number of ether oxygens (including phenoxy) is 1. The molecule has 1 heterocycles. The first-order chi connectivity index (χ1) is 12.6. The minimum Gasteiger partial charge on any atom is -0.486 e. The molecule has 2 aromatic carbocycles. The van der Waals surface area contributed by atoms with Gasteiger partial charge in [-0.05, 0) is 29.8 Å². The predicted octanol–water partition coefficient (Wildman–Crippen LogP) is 5.07. The van der Waals surface area contributed by atoms with Gasteiger partial charge in [0.05, 0.1) is 16.3 Å². The Labute approximate surface area is 159 Å². The molecule has 1 N–H and O–H groups in total. The smallest absolute Gasteiger partial charge is 0.307 e. The van der Waals surface area contributed by atoms with Crippen LogP contribution in [0.4, 0.5) is 0 Å². The highest BCUT2D eigenvalue weighted by Crippen LogP contribution is 2.33. The lowest BCUT2D eigenvalue weighted by molar-refractivity contribution is 0.0929. The zero-order chi connectivity index (χ0) is 18.5. The van der Waals surface area contributed by atoms with Gasteiger partial charge < -0.3 is 9.15 Å². The van der Waals surface area contributed by atoms with Crippen molar-refractivity contribution in [2.45, 2.75) is 0 Å². The summed E-state index contributed by atoms with van der Waals surface area (Å²) in [4.78, 5) is 12.1. The number of amides is 1. The van der Waals surface area contributed by atoms with E-state index in [0.717, 1.165) is 5.39 Å². The maximum atomic E-state index is 12.1. The van der Waals surface area contributed by atoms with Crippen molar-refractivity contribution >= 4 is 46.3 Å². The summed E-state index contributed by atoms with van der Waals surface area (Å²) in [6.45, 7) is 3.86. The van der Waals surface area contributed by atoms with Crippen molar-refractivity contribution in [1.29, 1.82) is 0 Å². The summed E-state index contributed by atoms with van der Waals surface area (Å²) in [7, 11) is 0. The van der Waals surface area contributed by atoms with E-state index < -0.39 is 5.91 Å². The quantitative estimate of drug-likeness (QED) is 0.364. The highest BCUT2D eigenvalue weighted by atomic mass is 35.5. The number of fused-ring (bicyclic) bond motifs is 1. The molecule has 0 unspecified atom stereocenters. The fraction of sp³-hybridized carbons (Fsp3) is 0.0526. The Kier molecular flexibility index (Phi) is 5.61. The molecular formula is C19H14Cl2N2O3. The first-order valence-electron chi connectivity index (χ1n) is 7.63. The van der Waals surface area contributed by atoms with Crippen LogP contribution in [0.1, 0.15) is 16.1 Å². The number of para-hydroxylation sites is 1. The number of hydrogen-bond donors (Lipinski definition) is 1. The van der Waals surface area contributed by atoms with Gasteiger partial charge in [0.1, 0.15) is 12.2 Å². The molecular weight excluding hydrogens is 375 g/mol. The Balaban J connectivity index is 1.69. The fourth-order valence-electron chi connectivity index (χ4n) is 2.25. The summed E-state index contributed by atoms with van der Waals surface area (Å²) in [6, 6.07) is 12.3. The summed E-state index contributed by atoms with van der Waals surface area (Å²) < 4.78 is 10.9. The van der Waals surface area contributed by atoms with E-state index >= 15 is 0 Å². The number of carbonyl (C=O) groups excluding carboxylic acids is 1. The number of furan rings is 1. The Morgan fingerprint density at radius 3 is 2.65 bits per heavy atom. The van der Waals surface area contributed by atoms with E-state index in [4.69, 9.17) is 32.4 Å². The number of nitrogens with zero attached hydrogens (tertiary/aromatic N) is 1. The van der Waals surface area contributed by atoms with Crippen LogP contribution in [-0.2, 0) is 0 Å². The topological polar surface area (TPSA) is 63.8 Å². The molecule has 0 fully saturated rings. The van der Waals surface area contributed by atoms with Crippen molar-refractivity contribution in [3.8, 4) is 5.75 Å². The summed E-state index contributed by atoms with van der Waals surface area (Å²) in [5, 5.41) is 5.42. The number of benzene rings is 2. The molecule has 1 aromatic heterocycles. The van der Waals surface area contributed by atoms with E-state index in [0.29, 0.717) is 33.5 Å². The molecule has 0 saturated carbocycles. The SMILES string of the molecule is C=CCOc1c(Cl)cc(/C=N/NC(=O)c2cc3ccccc3o2)cc1Cl. The Morgan fingerprint density at radius 2 is 1.96 bits per heavy atom. The summed E-state index contributed by atoms with van der Waals surface area (Å²) in [6.07, 6.45) is 3.02. The molecule has 132 valence electrons. The average Bonchev–Trinajstić information content (AvgIpc) is 3.05. The second-order valence-electron chi connectivity index (χ2n) is 5.26. The van der Waals surface area contributed by atoms with Crippen LogP contribution in [0.15, 0.2) is 64.6 Å². The summed E-state index contributed by atoms with van der Waals surface area (Å²) in [5.41, 5.74) is 3.64. The number of hydrazone groups is 1. The van der Waals surface area contributed by atoms with E-state index in [2.05, 4.69) is 17.1 Å². The van der Waals surface area contributed by atoms with Crippen molar-refractivity contribution in [3.05, 3.63) is 76.5 Å². The van der Waals surface area contributed by atoms with Crippen LogP contribution < -0.4 is 10.2 Å². The van der Waals surface area contributed by atoms with Gasteiger partial charge in [-0.15, -0.1) is 0 Å². The molecule has 0 aliphatic rings. The van der Waals surface area contributed by atoms with Crippen molar-refractivity contribution in [2.75, 3.05) is 6.61 Å². The summed E-state index contributed by atoms with van der Waals surface area (Å²) >= 11 is 12.3. The standard InChI is InChI=1S/C19H14Cl2N2O3/c1-2-7-25-18-14(20)8-12(9-15(18)21)11-22-23-19(24)17-10-13-5-3-4-6-16(13)26-17/h2-6,8-11H,1,7H2,(H,23,24)/b22-11+. The lowest BCUT2D eigenvalue weighted by Gasteiger charge is -2.08. The van der Waals surface area contributed by atoms with Crippen LogP contribution in [0.3, 0.4) is 0 Å². The highest BCUT2D eigenvalue weighted by Gasteiger charge is 2.11. The molecule has 0 bridgehead atoms. The molecule has 7 heteroatoms. The second kappa shape index (κ2) is 8.08. The number of hydrogen-bond acceptors (Lipinski definition) is 4. The van der Waals surface area contributed by atoms with Gasteiger partial charge >= 0.3 is 5.91 Å². The van der Waals surface area contributed by atoms with Gasteiger partial charge in [0.25, 0.3) is 0 Å². The Morgan fingerprint density at radius 1 is 1.23 bits per heavy atom. The first kappa shape index (κ1) is 18.0. The minimum absolute atomic E-state index is 0.174. The van der Waals surface area contributed by atoms with Gasteiger partial charge in [-0.3, -0.25) is 4.79 Å². The van der Waals surface area contributed by atoms with E-state index in [1.165, 1.54) is 6.21 Å². The van der Waals surface area contributed by atoms with Crippen LogP contribution >= 0.6 is 23.2 Å².